The highest BCUT2D eigenvalue weighted by atomic mass is 32.1. The van der Waals surface area contributed by atoms with Gasteiger partial charge >= 0.3 is 0 Å². The normalized spacial score (nSPS) is 13.5. The average molecular weight is 347 g/mol. The van der Waals surface area contributed by atoms with E-state index in [4.69, 9.17) is 14.2 Å². The fraction of sp³-hybridized carbons (Fsp3) is 0.389. The Morgan fingerprint density at radius 3 is 2.29 bits per heavy atom. The van der Waals surface area contributed by atoms with Crippen molar-refractivity contribution in [3.8, 4) is 17.2 Å². The van der Waals surface area contributed by atoms with Crippen LogP contribution in [0.1, 0.15) is 28.8 Å². The fourth-order valence-electron chi connectivity index (χ4n) is 2.70. The Balaban J connectivity index is 1.92. The molecule has 1 aliphatic carbocycles. The van der Waals surface area contributed by atoms with Gasteiger partial charge in [-0.3, -0.25) is 4.79 Å². The Labute approximate surface area is 145 Å². The molecule has 0 unspecified atom stereocenters. The first-order chi connectivity index (χ1) is 11.7. The van der Waals surface area contributed by atoms with E-state index in [-0.39, 0.29) is 5.91 Å². The van der Waals surface area contributed by atoms with Crippen LogP contribution >= 0.6 is 11.3 Å². The molecule has 1 saturated carbocycles. The Hall–Kier alpha value is -2.21. The van der Waals surface area contributed by atoms with E-state index in [9.17, 15) is 4.79 Å². The maximum Gasteiger partial charge on any atom is 0.254 e. The van der Waals surface area contributed by atoms with Crippen molar-refractivity contribution < 1.29 is 19.0 Å². The average Bonchev–Trinajstić information content (AvgIpc) is 3.33. The highest BCUT2D eigenvalue weighted by molar-refractivity contribution is 7.07. The van der Waals surface area contributed by atoms with Crippen LogP contribution in [0.5, 0.6) is 17.2 Å². The van der Waals surface area contributed by atoms with Gasteiger partial charge in [-0.05, 0) is 47.4 Å². The smallest absolute Gasteiger partial charge is 0.254 e. The summed E-state index contributed by atoms with van der Waals surface area (Å²) in [6.07, 6.45) is 2.11. The molecule has 128 valence electrons. The van der Waals surface area contributed by atoms with Gasteiger partial charge in [-0.25, -0.2) is 0 Å². The Bertz CT molecular complexity index is 685. The monoisotopic (exact) mass is 347 g/mol. The summed E-state index contributed by atoms with van der Waals surface area (Å²) in [6.45, 7) is 0.629. The molecule has 24 heavy (non-hydrogen) atoms. The third-order valence-corrected chi connectivity index (χ3v) is 4.83. The molecule has 0 radical (unpaired) electrons. The van der Waals surface area contributed by atoms with E-state index in [0.717, 1.165) is 18.4 Å². The molecule has 1 heterocycles. The molecule has 0 saturated heterocycles. The van der Waals surface area contributed by atoms with Gasteiger partial charge in [-0.1, -0.05) is 0 Å². The standard InChI is InChI=1S/C18H21NO4S/c1-21-15-8-13(9-16(22-2)17(15)23-3)18(20)19(14-4-5-14)10-12-6-7-24-11-12/h6-9,11,14H,4-5,10H2,1-3H3. The summed E-state index contributed by atoms with van der Waals surface area (Å²) >= 11 is 1.64. The van der Waals surface area contributed by atoms with Crippen molar-refractivity contribution in [2.75, 3.05) is 21.3 Å². The van der Waals surface area contributed by atoms with E-state index in [2.05, 4.69) is 11.4 Å². The Kier molecular flexibility index (Phi) is 4.94. The number of hydrogen-bond acceptors (Lipinski definition) is 5. The lowest BCUT2D eigenvalue weighted by Crippen LogP contribution is -2.32. The van der Waals surface area contributed by atoms with E-state index < -0.39 is 0 Å². The number of rotatable bonds is 7. The van der Waals surface area contributed by atoms with E-state index in [1.807, 2.05) is 10.3 Å². The van der Waals surface area contributed by atoms with E-state index >= 15 is 0 Å². The summed E-state index contributed by atoms with van der Waals surface area (Å²) in [6, 6.07) is 5.80. The summed E-state index contributed by atoms with van der Waals surface area (Å²) in [4.78, 5) is 15.0. The van der Waals surface area contributed by atoms with Crippen molar-refractivity contribution in [2.24, 2.45) is 0 Å². The van der Waals surface area contributed by atoms with Gasteiger partial charge in [0.25, 0.3) is 5.91 Å². The third-order valence-electron chi connectivity index (χ3n) is 4.09. The molecule has 1 aliphatic rings. The minimum atomic E-state index is -0.0112. The highest BCUT2D eigenvalue weighted by Crippen LogP contribution is 2.39. The number of nitrogens with zero attached hydrogens (tertiary/aromatic N) is 1. The van der Waals surface area contributed by atoms with Crippen molar-refractivity contribution in [1.82, 2.24) is 4.90 Å². The number of hydrogen-bond donors (Lipinski definition) is 0. The second kappa shape index (κ2) is 7.13. The summed E-state index contributed by atoms with van der Waals surface area (Å²) in [5.74, 6) is 1.47. The molecule has 0 N–H and O–H groups in total. The highest BCUT2D eigenvalue weighted by Gasteiger charge is 2.34. The summed E-state index contributed by atoms with van der Waals surface area (Å²) < 4.78 is 16.0. The van der Waals surface area contributed by atoms with Crippen LogP contribution in [0.4, 0.5) is 0 Å². The molecule has 0 atom stereocenters. The van der Waals surface area contributed by atoms with Crippen LogP contribution in [-0.2, 0) is 6.54 Å². The minimum Gasteiger partial charge on any atom is -0.493 e. The first-order valence-corrected chi connectivity index (χ1v) is 8.74. The van der Waals surface area contributed by atoms with Gasteiger partial charge < -0.3 is 19.1 Å². The topological polar surface area (TPSA) is 48.0 Å². The van der Waals surface area contributed by atoms with Crippen LogP contribution in [0, 0.1) is 0 Å². The maximum absolute atomic E-state index is 13.1. The SMILES string of the molecule is COc1cc(C(=O)N(Cc2ccsc2)C2CC2)cc(OC)c1OC. The second-order valence-corrected chi connectivity index (χ2v) is 6.49. The molecule has 1 amide bonds. The number of ether oxygens (including phenoxy) is 3. The molecule has 1 aromatic heterocycles. The molecule has 1 aromatic carbocycles. The zero-order chi connectivity index (χ0) is 17.1. The molecule has 2 aromatic rings. The number of thiophene rings is 1. The third kappa shape index (κ3) is 3.33. The van der Waals surface area contributed by atoms with Crippen molar-refractivity contribution in [1.29, 1.82) is 0 Å². The van der Waals surface area contributed by atoms with Crippen molar-refractivity contribution >= 4 is 17.2 Å². The van der Waals surface area contributed by atoms with Gasteiger partial charge in [0, 0.05) is 18.2 Å². The molecule has 1 fully saturated rings. The summed E-state index contributed by atoms with van der Waals surface area (Å²) in [5.41, 5.74) is 1.71. The summed E-state index contributed by atoms with van der Waals surface area (Å²) in [7, 11) is 4.65. The molecule has 0 bridgehead atoms. The molecular weight excluding hydrogens is 326 g/mol. The molecule has 3 rings (SSSR count). The summed E-state index contributed by atoms with van der Waals surface area (Å²) in [5, 5.41) is 4.11. The van der Waals surface area contributed by atoms with Crippen LogP contribution in [0.25, 0.3) is 0 Å². The van der Waals surface area contributed by atoms with Crippen LogP contribution in [0.15, 0.2) is 29.0 Å². The van der Waals surface area contributed by atoms with Gasteiger partial charge in [0.1, 0.15) is 0 Å². The van der Waals surface area contributed by atoms with Gasteiger partial charge in [0.2, 0.25) is 5.75 Å². The fourth-order valence-corrected chi connectivity index (χ4v) is 3.36. The zero-order valence-corrected chi connectivity index (χ0v) is 14.9. The lowest BCUT2D eigenvalue weighted by atomic mass is 10.1. The Morgan fingerprint density at radius 1 is 1.17 bits per heavy atom. The van der Waals surface area contributed by atoms with Crippen LogP contribution < -0.4 is 14.2 Å². The maximum atomic E-state index is 13.1. The van der Waals surface area contributed by atoms with Gasteiger partial charge in [0.05, 0.1) is 21.3 Å². The number of carbonyl (C=O) groups is 1. The zero-order valence-electron chi connectivity index (χ0n) is 14.1. The van der Waals surface area contributed by atoms with Crippen LogP contribution in [-0.4, -0.2) is 38.2 Å². The predicted molar refractivity (Wildman–Crippen MR) is 93.3 cm³/mol. The van der Waals surface area contributed by atoms with Crippen molar-refractivity contribution in [3.05, 3.63) is 40.1 Å². The van der Waals surface area contributed by atoms with Crippen molar-refractivity contribution in [2.45, 2.75) is 25.4 Å². The van der Waals surface area contributed by atoms with E-state index in [1.165, 1.54) is 0 Å². The molecule has 0 spiro atoms. The van der Waals surface area contributed by atoms with Crippen LogP contribution in [0.3, 0.4) is 0 Å². The number of amides is 1. The quantitative estimate of drug-likeness (QED) is 0.768. The molecule has 0 aliphatic heterocycles. The number of carbonyl (C=O) groups excluding carboxylic acids is 1. The predicted octanol–water partition coefficient (Wildman–Crippen LogP) is 3.58. The lowest BCUT2D eigenvalue weighted by molar-refractivity contribution is 0.0729. The molecular formula is C18H21NO4S. The molecule has 6 heteroatoms. The lowest BCUT2D eigenvalue weighted by Gasteiger charge is -2.23. The van der Waals surface area contributed by atoms with Gasteiger partial charge in [0.15, 0.2) is 11.5 Å². The molecule has 5 nitrogen and oxygen atoms in total. The van der Waals surface area contributed by atoms with Gasteiger partial charge in [-0.2, -0.15) is 11.3 Å². The van der Waals surface area contributed by atoms with Gasteiger partial charge in [-0.15, -0.1) is 0 Å². The van der Waals surface area contributed by atoms with Crippen molar-refractivity contribution in [3.63, 3.8) is 0 Å². The van der Waals surface area contributed by atoms with E-state index in [0.29, 0.717) is 35.4 Å². The van der Waals surface area contributed by atoms with E-state index in [1.54, 1.807) is 44.8 Å². The number of methoxy groups -OCH3 is 3. The number of benzene rings is 1. The first-order valence-electron chi connectivity index (χ1n) is 7.80. The second-order valence-electron chi connectivity index (χ2n) is 5.71. The minimum absolute atomic E-state index is 0.0112. The van der Waals surface area contributed by atoms with Crippen LogP contribution in [0.2, 0.25) is 0 Å². The Morgan fingerprint density at radius 2 is 1.83 bits per heavy atom. The first kappa shape index (κ1) is 16.6. The largest absolute Gasteiger partial charge is 0.493 e.